The van der Waals surface area contributed by atoms with Gasteiger partial charge >= 0.3 is 0 Å². The monoisotopic (exact) mass is 470 g/mol. The third-order valence-electron chi connectivity index (χ3n) is 3.18. The Morgan fingerprint density at radius 3 is 2.58 bits per heavy atom. The van der Waals surface area contributed by atoms with Crippen molar-refractivity contribution in [2.75, 3.05) is 47.1 Å². The second-order valence-electron chi connectivity index (χ2n) is 5.27. The van der Waals surface area contributed by atoms with Gasteiger partial charge in [-0.2, -0.15) is 0 Å². The highest BCUT2D eigenvalue weighted by atomic mass is 127. The predicted octanol–water partition coefficient (Wildman–Crippen LogP) is 2.91. The number of nitrogens with zero attached hydrogens (tertiary/aromatic N) is 3. The Morgan fingerprint density at radius 2 is 2.00 bits per heavy atom. The Kier molecular flexibility index (Phi) is 14.6. The normalized spacial score (nSPS) is 11.2. The zero-order valence-electron chi connectivity index (χ0n) is 15.2. The second-order valence-corrected chi connectivity index (χ2v) is 6.33. The number of halogens is 1. The Balaban J connectivity index is 0.00000529. The van der Waals surface area contributed by atoms with Crippen molar-refractivity contribution < 1.29 is 9.47 Å². The molecule has 1 aromatic rings. The van der Waals surface area contributed by atoms with Gasteiger partial charge in [0.15, 0.2) is 5.96 Å². The number of ether oxygens (including phenoxy) is 2. The van der Waals surface area contributed by atoms with Crippen LogP contribution in [0, 0.1) is 6.92 Å². The van der Waals surface area contributed by atoms with Crippen molar-refractivity contribution in [3.8, 4) is 0 Å². The lowest BCUT2D eigenvalue weighted by Gasteiger charge is -2.21. The number of nitrogens with one attached hydrogen (secondary N) is 1. The van der Waals surface area contributed by atoms with Gasteiger partial charge in [-0.15, -0.1) is 35.3 Å². The third kappa shape index (κ3) is 10.4. The third-order valence-corrected chi connectivity index (χ3v) is 4.01. The number of guanidine groups is 1. The largest absolute Gasteiger partial charge is 0.379 e. The van der Waals surface area contributed by atoms with Crippen LogP contribution in [0.2, 0.25) is 0 Å². The van der Waals surface area contributed by atoms with Gasteiger partial charge in [-0.05, 0) is 13.3 Å². The zero-order chi connectivity index (χ0) is 16.9. The number of aryl methyl sites for hydroxylation is 1. The van der Waals surface area contributed by atoms with E-state index in [1.54, 1.807) is 18.4 Å². The van der Waals surface area contributed by atoms with Gasteiger partial charge in [-0.3, -0.25) is 4.99 Å². The first kappa shape index (κ1) is 23.5. The summed E-state index contributed by atoms with van der Waals surface area (Å²) in [5, 5.41) is 6.47. The Hall–Kier alpha value is -0.450. The molecule has 0 unspecified atom stereocenters. The molecule has 0 spiro atoms. The van der Waals surface area contributed by atoms with Crippen molar-refractivity contribution in [3.63, 3.8) is 0 Å². The molecule has 1 aromatic heterocycles. The SMILES string of the molecule is CCCCOCCOCCNC(=NC)N(C)Cc1csc(C)n1.I. The number of hydrogen-bond acceptors (Lipinski definition) is 5. The minimum atomic E-state index is 0. The molecule has 0 saturated heterocycles. The lowest BCUT2D eigenvalue weighted by atomic mass is 10.4. The lowest BCUT2D eigenvalue weighted by Crippen LogP contribution is -2.40. The average Bonchev–Trinajstić information content (AvgIpc) is 2.94. The number of rotatable bonds is 11. The van der Waals surface area contributed by atoms with Crippen molar-refractivity contribution in [1.29, 1.82) is 0 Å². The molecule has 0 amide bonds. The summed E-state index contributed by atoms with van der Waals surface area (Å²) >= 11 is 1.67. The van der Waals surface area contributed by atoms with Crippen LogP contribution in [0.3, 0.4) is 0 Å². The number of aliphatic imine (C=N–C) groups is 1. The van der Waals surface area contributed by atoms with Crippen LogP contribution in [0.4, 0.5) is 0 Å². The van der Waals surface area contributed by atoms with Gasteiger partial charge in [0.2, 0.25) is 0 Å². The van der Waals surface area contributed by atoms with Crippen LogP contribution in [-0.2, 0) is 16.0 Å². The molecule has 1 heterocycles. The molecule has 1 rings (SSSR count). The van der Waals surface area contributed by atoms with E-state index in [1.807, 2.05) is 14.0 Å². The van der Waals surface area contributed by atoms with Gasteiger partial charge < -0.3 is 19.7 Å². The molecule has 0 fully saturated rings. The summed E-state index contributed by atoms with van der Waals surface area (Å²) in [6, 6.07) is 0. The van der Waals surface area contributed by atoms with E-state index < -0.39 is 0 Å². The van der Waals surface area contributed by atoms with Crippen molar-refractivity contribution in [1.82, 2.24) is 15.2 Å². The first-order chi connectivity index (χ1) is 11.2. The van der Waals surface area contributed by atoms with Crippen LogP contribution < -0.4 is 5.32 Å². The van der Waals surface area contributed by atoms with Crippen molar-refractivity contribution in [3.05, 3.63) is 16.1 Å². The fourth-order valence-corrected chi connectivity index (χ4v) is 2.59. The Morgan fingerprint density at radius 1 is 1.29 bits per heavy atom. The number of aromatic nitrogens is 1. The topological polar surface area (TPSA) is 59.0 Å². The van der Waals surface area contributed by atoms with Crippen LogP contribution >= 0.6 is 35.3 Å². The summed E-state index contributed by atoms with van der Waals surface area (Å²) in [6.45, 7) is 8.41. The van der Waals surface area contributed by atoms with E-state index in [-0.39, 0.29) is 24.0 Å². The van der Waals surface area contributed by atoms with Crippen LogP contribution in [-0.4, -0.2) is 62.9 Å². The highest BCUT2D eigenvalue weighted by Crippen LogP contribution is 2.09. The van der Waals surface area contributed by atoms with Gasteiger partial charge in [0.1, 0.15) is 0 Å². The lowest BCUT2D eigenvalue weighted by molar-refractivity contribution is 0.0486. The maximum Gasteiger partial charge on any atom is 0.193 e. The Labute approximate surface area is 167 Å². The van der Waals surface area contributed by atoms with E-state index in [4.69, 9.17) is 9.47 Å². The number of thiazole rings is 1. The summed E-state index contributed by atoms with van der Waals surface area (Å²) in [6.07, 6.45) is 2.28. The van der Waals surface area contributed by atoms with E-state index in [0.29, 0.717) is 19.8 Å². The van der Waals surface area contributed by atoms with Crippen LogP contribution in [0.1, 0.15) is 30.5 Å². The molecule has 0 aliphatic rings. The van der Waals surface area contributed by atoms with Crippen LogP contribution in [0.25, 0.3) is 0 Å². The number of unbranched alkanes of at least 4 members (excludes halogenated alkanes) is 1. The van der Waals surface area contributed by atoms with E-state index in [2.05, 4.69) is 32.5 Å². The summed E-state index contributed by atoms with van der Waals surface area (Å²) < 4.78 is 11.0. The van der Waals surface area contributed by atoms with Gasteiger partial charge in [0.05, 0.1) is 37.1 Å². The molecule has 0 atom stereocenters. The van der Waals surface area contributed by atoms with E-state index >= 15 is 0 Å². The molecule has 0 radical (unpaired) electrons. The molecule has 0 aliphatic heterocycles. The summed E-state index contributed by atoms with van der Waals surface area (Å²) in [5.41, 5.74) is 1.07. The van der Waals surface area contributed by atoms with Crippen LogP contribution in [0.15, 0.2) is 10.4 Å². The zero-order valence-corrected chi connectivity index (χ0v) is 18.4. The summed E-state index contributed by atoms with van der Waals surface area (Å²) in [7, 11) is 3.79. The molecule has 8 heteroatoms. The predicted molar refractivity (Wildman–Crippen MR) is 112 cm³/mol. The molecule has 24 heavy (non-hydrogen) atoms. The maximum atomic E-state index is 5.54. The molecule has 0 aliphatic carbocycles. The standard InChI is InChI=1S/C16H30N4O2S.HI/c1-5-6-8-21-10-11-22-9-7-18-16(17-3)20(4)12-15-13-23-14(2)19-15;/h13H,5-12H2,1-4H3,(H,17,18);1H. The minimum absolute atomic E-state index is 0. The van der Waals surface area contributed by atoms with Crippen LogP contribution in [0.5, 0.6) is 0 Å². The molecule has 6 nitrogen and oxygen atoms in total. The van der Waals surface area contributed by atoms with Gasteiger partial charge in [0.25, 0.3) is 0 Å². The molecule has 0 saturated carbocycles. The minimum Gasteiger partial charge on any atom is -0.379 e. The fraction of sp³-hybridized carbons (Fsp3) is 0.750. The van der Waals surface area contributed by atoms with E-state index in [1.165, 1.54) is 0 Å². The average molecular weight is 470 g/mol. The van der Waals surface area contributed by atoms with E-state index in [0.717, 1.165) is 49.2 Å². The molecule has 1 N–H and O–H groups in total. The summed E-state index contributed by atoms with van der Waals surface area (Å²) in [4.78, 5) is 10.8. The first-order valence-electron chi connectivity index (χ1n) is 8.15. The summed E-state index contributed by atoms with van der Waals surface area (Å²) in [5.74, 6) is 0.846. The molecule has 0 bridgehead atoms. The van der Waals surface area contributed by atoms with Crippen molar-refractivity contribution >= 4 is 41.3 Å². The molecule has 140 valence electrons. The smallest absolute Gasteiger partial charge is 0.193 e. The van der Waals surface area contributed by atoms with Gasteiger partial charge in [0, 0.05) is 32.6 Å². The van der Waals surface area contributed by atoms with Crippen molar-refractivity contribution in [2.24, 2.45) is 4.99 Å². The van der Waals surface area contributed by atoms with E-state index in [9.17, 15) is 0 Å². The fourth-order valence-electron chi connectivity index (χ4n) is 1.99. The highest BCUT2D eigenvalue weighted by molar-refractivity contribution is 14.0. The van der Waals surface area contributed by atoms with Crippen molar-refractivity contribution in [2.45, 2.75) is 33.2 Å². The second kappa shape index (κ2) is 14.9. The first-order valence-corrected chi connectivity index (χ1v) is 9.03. The molecular weight excluding hydrogens is 439 g/mol. The quantitative estimate of drug-likeness (QED) is 0.233. The molecule has 0 aromatic carbocycles. The molecular formula is C16H31IN4O2S. The highest BCUT2D eigenvalue weighted by Gasteiger charge is 2.08. The van der Waals surface area contributed by atoms with Gasteiger partial charge in [-0.25, -0.2) is 4.98 Å². The number of hydrogen-bond donors (Lipinski definition) is 1. The maximum absolute atomic E-state index is 5.54. The van der Waals surface area contributed by atoms with Gasteiger partial charge in [-0.1, -0.05) is 13.3 Å². The Bertz CT molecular complexity index is 457.